The van der Waals surface area contributed by atoms with Gasteiger partial charge in [0.05, 0.1) is 5.92 Å². The van der Waals surface area contributed by atoms with Crippen LogP contribution in [0.3, 0.4) is 0 Å². The lowest BCUT2D eigenvalue weighted by Crippen LogP contribution is -2.23. The molecule has 1 aliphatic heterocycles. The van der Waals surface area contributed by atoms with Gasteiger partial charge < -0.3 is 5.11 Å². The molecule has 1 aromatic heterocycles. The van der Waals surface area contributed by atoms with Crippen LogP contribution in [0, 0.1) is 5.92 Å². The van der Waals surface area contributed by atoms with Crippen LogP contribution in [0.4, 0.5) is 0 Å². The average molecular weight is 282 g/mol. The zero-order valence-corrected chi connectivity index (χ0v) is 11.7. The molecule has 0 spiro atoms. The second-order valence-corrected chi connectivity index (χ2v) is 5.51. The fraction of sp³-hybridized carbons (Fsp3) is 0.294. The minimum Gasteiger partial charge on any atom is -0.481 e. The summed E-state index contributed by atoms with van der Waals surface area (Å²) in [6.07, 6.45) is 3.46. The second kappa shape index (κ2) is 6.06. The van der Waals surface area contributed by atoms with Gasteiger partial charge in [0, 0.05) is 37.9 Å². The van der Waals surface area contributed by atoms with E-state index in [9.17, 15) is 9.90 Å². The summed E-state index contributed by atoms with van der Waals surface area (Å²) < 4.78 is 0. The Bertz CT molecular complexity index is 601. The van der Waals surface area contributed by atoms with E-state index in [1.54, 1.807) is 12.4 Å². The molecule has 4 heteroatoms. The molecule has 2 aromatic rings. The van der Waals surface area contributed by atoms with Crippen LogP contribution in [-0.4, -0.2) is 34.0 Å². The standard InChI is InChI=1S/C17H18N2O2/c20-17(21)16-12-19(10-13-4-2-1-3-5-13)11-15(16)14-6-8-18-9-7-14/h1-9,15-16H,10-12H2,(H,20,21)/t15-,16+/m0/s1. The number of pyridine rings is 1. The Morgan fingerprint density at radius 3 is 2.52 bits per heavy atom. The van der Waals surface area contributed by atoms with Crippen LogP contribution in [0.5, 0.6) is 0 Å². The summed E-state index contributed by atoms with van der Waals surface area (Å²) in [5, 5.41) is 9.49. The number of aromatic nitrogens is 1. The summed E-state index contributed by atoms with van der Waals surface area (Å²) in [6, 6.07) is 14.0. The van der Waals surface area contributed by atoms with Gasteiger partial charge in [-0.1, -0.05) is 30.3 Å². The van der Waals surface area contributed by atoms with Crippen LogP contribution in [0.25, 0.3) is 0 Å². The SMILES string of the molecule is O=C(O)[C@@H]1CN(Cc2ccccc2)C[C@H]1c1ccncc1. The molecule has 1 N–H and O–H groups in total. The zero-order chi connectivity index (χ0) is 14.7. The van der Waals surface area contributed by atoms with E-state index < -0.39 is 5.97 Å². The number of carboxylic acids is 1. The summed E-state index contributed by atoms with van der Waals surface area (Å²) in [4.78, 5) is 17.8. The predicted octanol–water partition coefficient (Wildman–Crippen LogP) is 2.38. The predicted molar refractivity (Wildman–Crippen MR) is 79.8 cm³/mol. The minimum absolute atomic E-state index is 0.0363. The molecule has 1 aromatic carbocycles. The molecule has 0 saturated carbocycles. The Balaban J connectivity index is 1.77. The zero-order valence-electron chi connectivity index (χ0n) is 11.7. The molecule has 0 amide bonds. The van der Waals surface area contributed by atoms with E-state index in [1.165, 1.54) is 5.56 Å². The Labute approximate surface area is 124 Å². The molecule has 0 bridgehead atoms. The van der Waals surface area contributed by atoms with Gasteiger partial charge in [-0.2, -0.15) is 0 Å². The number of aliphatic carboxylic acids is 1. The van der Waals surface area contributed by atoms with E-state index >= 15 is 0 Å². The molecule has 1 fully saturated rings. The first-order chi connectivity index (χ1) is 10.2. The Kier molecular flexibility index (Phi) is 3.97. The number of nitrogens with zero attached hydrogens (tertiary/aromatic N) is 2. The van der Waals surface area contributed by atoms with E-state index in [0.717, 1.165) is 18.7 Å². The highest BCUT2D eigenvalue weighted by Gasteiger charge is 2.38. The molecule has 0 aliphatic carbocycles. The van der Waals surface area contributed by atoms with E-state index in [1.807, 2.05) is 30.3 Å². The van der Waals surface area contributed by atoms with Gasteiger partial charge in [-0.05, 0) is 23.3 Å². The fourth-order valence-corrected chi connectivity index (χ4v) is 3.05. The molecule has 21 heavy (non-hydrogen) atoms. The van der Waals surface area contributed by atoms with Crippen molar-refractivity contribution in [3.8, 4) is 0 Å². The van der Waals surface area contributed by atoms with Gasteiger partial charge in [0.2, 0.25) is 0 Å². The normalized spacial score (nSPS) is 22.3. The highest BCUT2D eigenvalue weighted by molar-refractivity contribution is 5.72. The average Bonchev–Trinajstić information content (AvgIpc) is 2.93. The third-order valence-electron chi connectivity index (χ3n) is 4.10. The number of benzene rings is 1. The molecule has 2 atom stereocenters. The molecule has 3 rings (SSSR count). The first-order valence-corrected chi connectivity index (χ1v) is 7.13. The van der Waals surface area contributed by atoms with Crippen molar-refractivity contribution >= 4 is 5.97 Å². The highest BCUT2D eigenvalue weighted by Crippen LogP contribution is 2.33. The summed E-state index contributed by atoms with van der Waals surface area (Å²) in [5.41, 5.74) is 2.28. The van der Waals surface area contributed by atoms with E-state index in [4.69, 9.17) is 0 Å². The second-order valence-electron chi connectivity index (χ2n) is 5.51. The van der Waals surface area contributed by atoms with E-state index in [-0.39, 0.29) is 11.8 Å². The van der Waals surface area contributed by atoms with Gasteiger partial charge in [0.25, 0.3) is 0 Å². The summed E-state index contributed by atoms with van der Waals surface area (Å²) >= 11 is 0. The van der Waals surface area contributed by atoms with Crippen molar-refractivity contribution in [1.82, 2.24) is 9.88 Å². The molecule has 1 aliphatic rings. The van der Waals surface area contributed by atoms with Gasteiger partial charge >= 0.3 is 5.97 Å². The first kappa shape index (κ1) is 13.8. The van der Waals surface area contributed by atoms with Crippen LogP contribution in [0.15, 0.2) is 54.9 Å². The van der Waals surface area contributed by atoms with Crippen molar-refractivity contribution in [1.29, 1.82) is 0 Å². The number of likely N-dealkylation sites (tertiary alicyclic amines) is 1. The summed E-state index contributed by atoms with van der Waals surface area (Å²) in [6.45, 7) is 2.17. The highest BCUT2D eigenvalue weighted by atomic mass is 16.4. The minimum atomic E-state index is -0.715. The van der Waals surface area contributed by atoms with E-state index in [2.05, 4.69) is 22.0 Å². The third kappa shape index (κ3) is 3.11. The Morgan fingerprint density at radius 1 is 1.14 bits per heavy atom. The number of carbonyl (C=O) groups is 1. The lowest BCUT2D eigenvalue weighted by Gasteiger charge is -2.16. The molecular formula is C17H18N2O2. The largest absolute Gasteiger partial charge is 0.481 e. The smallest absolute Gasteiger partial charge is 0.308 e. The maximum Gasteiger partial charge on any atom is 0.308 e. The molecule has 108 valence electrons. The van der Waals surface area contributed by atoms with Gasteiger partial charge in [-0.3, -0.25) is 14.7 Å². The Hall–Kier alpha value is -2.20. The maximum atomic E-state index is 11.5. The van der Waals surface area contributed by atoms with Gasteiger partial charge in [0.15, 0.2) is 0 Å². The summed E-state index contributed by atoms with van der Waals surface area (Å²) in [7, 11) is 0. The quantitative estimate of drug-likeness (QED) is 0.935. The van der Waals surface area contributed by atoms with Crippen molar-refractivity contribution in [2.45, 2.75) is 12.5 Å². The number of carboxylic acid groups (broad SMARTS) is 1. The van der Waals surface area contributed by atoms with Gasteiger partial charge in [-0.15, -0.1) is 0 Å². The Morgan fingerprint density at radius 2 is 1.86 bits per heavy atom. The van der Waals surface area contributed by atoms with Crippen LogP contribution in [-0.2, 0) is 11.3 Å². The van der Waals surface area contributed by atoms with Crippen molar-refractivity contribution in [3.63, 3.8) is 0 Å². The topological polar surface area (TPSA) is 53.4 Å². The van der Waals surface area contributed by atoms with E-state index in [0.29, 0.717) is 6.54 Å². The monoisotopic (exact) mass is 282 g/mol. The number of rotatable bonds is 4. The van der Waals surface area contributed by atoms with Crippen LogP contribution in [0.2, 0.25) is 0 Å². The molecule has 0 unspecified atom stereocenters. The van der Waals surface area contributed by atoms with Crippen molar-refractivity contribution < 1.29 is 9.90 Å². The fourth-order valence-electron chi connectivity index (χ4n) is 3.05. The molecule has 2 heterocycles. The molecule has 0 radical (unpaired) electrons. The van der Waals surface area contributed by atoms with Crippen LogP contribution in [0.1, 0.15) is 17.0 Å². The lowest BCUT2D eigenvalue weighted by atomic mass is 9.90. The van der Waals surface area contributed by atoms with Crippen molar-refractivity contribution in [2.24, 2.45) is 5.92 Å². The first-order valence-electron chi connectivity index (χ1n) is 7.13. The number of hydrogen-bond donors (Lipinski definition) is 1. The van der Waals surface area contributed by atoms with Crippen LogP contribution >= 0.6 is 0 Å². The molecule has 4 nitrogen and oxygen atoms in total. The van der Waals surface area contributed by atoms with Crippen molar-refractivity contribution in [2.75, 3.05) is 13.1 Å². The summed E-state index contributed by atoms with van der Waals surface area (Å²) in [5.74, 6) is -1.03. The van der Waals surface area contributed by atoms with Crippen molar-refractivity contribution in [3.05, 3.63) is 66.0 Å². The van der Waals surface area contributed by atoms with Gasteiger partial charge in [-0.25, -0.2) is 0 Å². The lowest BCUT2D eigenvalue weighted by molar-refractivity contribution is -0.141. The maximum absolute atomic E-state index is 11.5. The van der Waals surface area contributed by atoms with Gasteiger partial charge in [0.1, 0.15) is 0 Å². The molecular weight excluding hydrogens is 264 g/mol. The number of hydrogen-bond acceptors (Lipinski definition) is 3. The molecule has 1 saturated heterocycles. The third-order valence-corrected chi connectivity index (χ3v) is 4.10. The van der Waals surface area contributed by atoms with Crippen LogP contribution < -0.4 is 0 Å².